The number of hydrogen-bond acceptors (Lipinski definition) is 7. The second-order valence-corrected chi connectivity index (χ2v) is 8.86. The Morgan fingerprint density at radius 2 is 2.10 bits per heavy atom. The molecule has 1 spiro atoms. The Morgan fingerprint density at radius 1 is 1.30 bits per heavy atom. The highest BCUT2D eigenvalue weighted by molar-refractivity contribution is 5.97. The van der Waals surface area contributed by atoms with E-state index in [2.05, 4.69) is 25.5 Å². The third kappa shape index (κ3) is 3.04. The zero-order valence-electron chi connectivity index (χ0n) is 17.4. The molecule has 4 N–H and O–H groups in total. The zero-order chi connectivity index (χ0) is 21.0. The normalized spacial score (nSPS) is 23.5. The molecule has 158 valence electrons. The molecule has 2 aliphatic heterocycles. The fourth-order valence-corrected chi connectivity index (χ4v) is 4.80. The second kappa shape index (κ2) is 6.80. The number of nitrogens with zero attached hydrogens (tertiary/aromatic N) is 4. The van der Waals surface area contributed by atoms with Crippen LogP contribution in [0.2, 0.25) is 0 Å². The van der Waals surface area contributed by atoms with Gasteiger partial charge in [0.25, 0.3) is 11.5 Å². The first kappa shape index (κ1) is 19.0. The van der Waals surface area contributed by atoms with Gasteiger partial charge in [-0.15, -0.1) is 0 Å². The van der Waals surface area contributed by atoms with E-state index in [0.29, 0.717) is 35.1 Å². The molecule has 1 aliphatic carbocycles. The summed E-state index contributed by atoms with van der Waals surface area (Å²) in [5, 5.41) is 6.29. The summed E-state index contributed by atoms with van der Waals surface area (Å²) in [5.41, 5.74) is 7.24. The lowest BCUT2D eigenvalue weighted by Gasteiger charge is -2.41. The van der Waals surface area contributed by atoms with Crippen molar-refractivity contribution in [1.82, 2.24) is 24.8 Å². The number of nitrogen functional groups attached to an aromatic ring is 1. The van der Waals surface area contributed by atoms with E-state index in [-0.39, 0.29) is 11.5 Å². The van der Waals surface area contributed by atoms with Crippen LogP contribution in [0, 0.1) is 19.8 Å². The summed E-state index contributed by atoms with van der Waals surface area (Å²) in [6.07, 6.45) is 5.61. The molecule has 2 fully saturated rings. The number of anilines is 3. The van der Waals surface area contributed by atoms with Gasteiger partial charge in [-0.25, -0.2) is 9.97 Å². The SMILES string of the molecule is Cc1cc(Nc2ncnc(N)c2C)c(=O)n2c1C(=O)NC21CCCN(CC2CC2)C1. The highest BCUT2D eigenvalue weighted by Crippen LogP contribution is 2.36. The number of nitrogens with one attached hydrogen (secondary N) is 2. The van der Waals surface area contributed by atoms with Gasteiger partial charge in [0.1, 0.15) is 35.0 Å². The highest BCUT2D eigenvalue weighted by Gasteiger charge is 2.47. The maximum atomic E-state index is 13.6. The molecule has 1 saturated carbocycles. The molecule has 3 aliphatic rings. The summed E-state index contributed by atoms with van der Waals surface area (Å²) in [4.78, 5) is 37.1. The Balaban J connectivity index is 1.57. The number of carbonyl (C=O) groups excluding carboxylic acids is 1. The minimum absolute atomic E-state index is 0.174. The maximum Gasteiger partial charge on any atom is 0.276 e. The lowest BCUT2D eigenvalue weighted by Crippen LogP contribution is -2.58. The number of aryl methyl sites for hydroxylation is 1. The van der Waals surface area contributed by atoms with Crippen LogP contribution in [0.3, 0.4) is 0 Å². The molecule has 4 heterocycles. The molecule has 5 rings (SSSR count). The Bertz CT molecular complexity index is 1090. The van der Waals surface area contributed by atoms with Gasteiger partial charge >= 0.3 is 0 Å². The Kier molecular flexibility index (Phi) is 4.32. The summed E-state index contributed by atoms with van der Waals surface area (Å²) < 4.78 is 1.69. The molecule has 1 saturated heterocycles. The number of carbonyl (C=O) groups is 1. The van der Waals surface area contributed by atoms with Crippen molar-refractivity contribution in [1.29, 1.82) is 0 Å². The van der Waals surface area contributed by atoms with Crippen molar-refractivity contribution in [2.24, 2.45) is 5.92 Å². The fraction of sp³-hybridized carbons (Fsp3) is 0.524. The molecule has 2 aromatic heterocycles. The maximum absolute atomic E-state index is 13.6. The average Bonchev–Trinajstić information content (AvgIpc) is 3.46. The van der Waals surface area contributed by atoms with E-state index in [1.807, 2.05) is 6.92 Å². The smallest absolute Gasteiger partial charge is 0.276 e. The van der Waals surface area contributed by atoms with E-state index >= 15 is 0 Å². The van der Waals surface area contributed by atoms with E-state index in [9.17, 15) is 9.59 Å². The van der Waals surface area contributed by atoms with Crippen LogP contribution in [0.15, 0.2) is 17.2 Å². The van der Waals surface area contributed by atoms with E-state index in [1.165, 1.54) is 19.2 Å². The summed E-state index contributed by atoms with van der Waals surface area (Å²) in [7, 11) is 0. The van der Waals surface area contributed by atoms with Crippen molar-refractivity contribution in [3.8, 4) is 0 Å². The first-order chi connectivity index (χ1) is 14.4. The van der Waals surface area contributed by atoms with Crippen LogP contribution in [0.1, 0.15) is 47.3 Å². The summed E-state index contributed by atoms with van der Waals surface area (Å²) in [6.45, 7) is 6.37. The van der Waals surface area contributed by atoms with Gasteiger partial charge in [-0.1, -0.05) is 0 Å². The monoisotopic (exact) mass is 409 g/mol. The van der Waals surface area contributed by atoms with E-state index < -0.39 is 5.66 Å². The molecule has 2 aromatic rings. The molecule has 1 amide bonds. The minimum Gasteiger partial charge on any atom is -0.383 e. The van der Waals surface area contributed by atoms with Crippen molar-refractivity contribution in [3.05, 3.63) is 39.6 Å². The zero-order valence-corrected chi connectivity index (χ0v) is 17.4. The number of likely N-dealkylation sites (tertiary alicyclic amines) is 1. The van der Waals surface area contributed by atoms with Gasteiger partial charge in [0.2, 0.25) is 0 Å². The molecular weight excluding hydrogens is 382 g/mol. The number of hydrogen-bond donors (Lipinski definition) is 3. The van der Waals surface area contributed by atoms with Gasteiger partial charge in [-0.05, 0) is 63.6 Å². The standard InChI is InChI=1S/C21H27N7O2/c1-12-8-15(25-18-13(2)17(22)23-11-24-18)20(30)28-16(12)19(29)26-21(28)6-3-7-27(10-21)9-14-4-5-14/h8,11,14H,3-7,9-10H2,1-2H3,(H,26,29)(H3,22,23,24,25). The number of aromatic nitrogens is 3. The molecule has 9 nitrogen and oxygen atoms in total. The minimum atomic E-state index is -0.696. The largest absolute Gasteiger partial charge is 0.383 e. The van der Waals surface area contributed by atoms with Crippen LogP contribution in [0.5, 0.6) is 0 Å². The van der Waals surface area contributed by atoms with Crippen LogP contribution < -0.4 is 21.9 Å². The molecule has 0 bridgehead atoms. The van der Waals surface area contributed by atoms with Gasteiger partial charge in [0, 0.05) is 18.7 Å². The summed E-state index contributed by atoms with van der Waals surface area (Å²) in [5.74, 6) is 1.44. The van der Waals surface area contributed by atoms with Gasteiger partial charge in [0.05, 0.1) is 0 Å². The molecule has 30 heavy (non-hydrogen) atoms. The fourth-order valence-electron chi connectivity index (χ4n) is 4.80. The number of pyridine rings is 1. The van der Waals surface area contributed by atoms with Crippen molar-refractivity contribution in [3.63, 3.8) is 0 Å². The van der Waals surface area contributed by atoms with Crippen LogP contribution in [0.4, 0.5) is 17.3 Å². The van der Waals surface area contributed by atoms with Crippen LogP contribution >= 0.6 is 0 Å². The second-order valence-electron chi connectivity index (χ2n) is 8.86. The quantitative estimate of drug-likeness (QED) is 0.700. The molecule has 0 aromatic carbocycles. The van der Waals surface area contributed by atoms with Gasteiger partial charge in [0.15, 0.2) is 0 Å². The number of nitrogens with two attached hydrogens (primary N) is 1. The molecule has 1 atom stereocenters. The van der Waals surface area contributed by atoms with Crippen molar-refractivity contribution in [2.45, 2.75) is 45.2 Å². The average molecular weight is 409 g/mol. The molecular formula is C21H27N7O2. The van der Waals surface area contributed by atoms with Gasteiger partial charge in [-0.3, -0.25) is 19.1 Å². The van der Waals surface area contributed by atoms with E-state index in [4.69, 9.17) is 5.73 Å². The third-order valence-corrected chi connectivity index (χ3v) is 6.52. The van der Waals surface area contributed by atoms with E-state index in [0.717, 1.165) is 37.4 Å². The number of rotatable bonds is 4. The number of fused-ring (bicyclic) bond motifs is 2. The van der Waals surface area contributed by atoms with Crippen LogP contribution in [-0.4, -0.2) is 45.0 Å². The van der Waals surface area contributed by atoms with Crippen LogP contribution in [-0.2, 0) is 5.66 Å². The topological polar surface area (TPSA) is 118 Å². The summed E-state index contributed by atoms with van der Waals surface area (Å²) >= 11 is 0. The van der Waals surface area contributed by atoms with Gasteiger partial charge < -0.3 is 16.4 Å². The Labute approximate surface area is 174 Å². The predicted octanol–water partition coefficient (Wildman–Crippen LogP) is 1.48. The Morgan fingerprint density at radius 3 is 2.87 bits per heavy atom. The van der Waals surface area contributed by atoms with Gasteiger partial charge in [-0.2, -0.15) is 0 Å². The predicted molar refractivity (Wildman–Crippen MR) is 114 cm³/mol. The Hall–Kier alpha value is -2.94. The first-order valence-corrected chi connectivity index (χ1v) is 10.5. The molecule has 1 unspecified atom stereocenters. The van der Waals surface area contributed by atoms with Crippen LogP contribution in [0.25, 0.3) is 0 Å². The van der Waals surface area contributed by atoms with E-state index in [1.54, 1.807) is 17.6 Å². The third-order valence-electron chi connectivity index (χ3n) is 6.52. The van der Waals surface area contributed by atoms with Crippen molar-refractivity contribution in [2.75, 3.05) is 30.7 Å². The molecule has 9 heteroatoms. The number of amides is 1. The van der Waals surface area contributed by atoms with Crippen molar-refractivity contribution >= 4 is 23.2 Å². The van der Waals surface area contributed by atoms with Crippen molar-refractivity contribution < 1.29 is 4.79 Å². The molecule has 0 radical (unpaired) electrons. The highest BCUT2D eigenvalue weighted by atomic mass is 16.2. The summed E-state index contributed by atoms with van der Waals surface area (Å²) in [6, 6.07) is 1.72. The lowest BCUT2D eigenvalue weighted by molar-refractivity contribution is 0.0653. The number of piperidine rings is 1. The first-order valence-electron chi connectivity index (χ1n) is 10.5. The lowest BCUT2D eigenvalue weighted by atomic mass is 9.97.